The van der Waals surface area contributed by atoms with E-state index in [1.54, 1.807) is 11.3 Å². The van der Waals surface area contributed by atoms with Crippen molar-refractivity contribution in [3.05, 3.63) is 40.2 Å². The Morgan fingerprint density at radius 3 is 3.00 bits per heavy atom. The lowest BCUT2D eigenvalue weighted by atomic mass is 10.1. The number of benzene rings is 1. The summed E-state index contributed by atoms with van der Waals surface area (Å²) >= 11 is 1.78. The molecule has 17 heavy (non-hydrogen) atoms. The lowest BCUT2D eigenvalue weighted by Gasteiger charge is -2.05. The van der Waals surface area contributed by atoms with Crippen LogP contribution in [0.15, 0.2) is 29.6 Å². The van der Waals surface area contributed by atoms with E-state index in [2.05, 4.69) is 41.9 Å². The molecule has 1 unspecified atom stereocenters. The molecule has 0 spiro atoms. The zero-order valence-corrected chi connectivity index (χ0v) is 10.8. The van der Waals surface area contributed by atoms with Crippen LogP contribution in [-0.2, 0) is 0 Å². The minimum Gasteiger partial charge on any atom is -0.308 e. The Balaban J connectivity index is 1.92. The first-order chi connectivity index (χ1) is 8.34. The van der Waals surface area contributed by atoms with Gasteiger partial charge in [-0.2, -0.15) is 0 Å². The van der Waals surface area contributed by atoms with Gasteiger partial charge in [-0.3, -0.25) is 0 Å². The van der Waals surface area contributed by atoms with Crippen LogP contribution < -0.4 is 5.32 Å². The van der Waals surface area contributed by atoms with E-state index in [4.69, 9.17) is 4.98 Å². The summed E-state index contributed by atoms with van der Waals surface area (Å²) in [5.74, 6) is 0. The van der Waals surface area contributed by atoms with Crippen LogP contribution in [0, 0.1) is 6.92 Å². The predicted octanol–water partition coefficient (Wildman–Crippen LogP) is 3.54. The van der Waals surface area contributed by atoms with Crippen molar-refractivity contribution >= 4 is 11.3 Å². The Bertz CT molecular complexity index is 512. The third kappa shape index (κ3) is 2.13. The molecular weight excluding hydrogens is 228 g/mol. The highest BCUT2D eigenvalue weighted by Gasteiger charge is 2.19. The first-order valence-corrected chi connectivity index (χ1v) is 6.97. The second kappa shape index (κ2) is 4.59. The smallest absolute Gasteiger partial charge is 0.110 e. The van der Waals surface area contributed by atoms with Gasteiger partial charge in [0.05, 0.1) is 11.7 Å². The number of thiazole rings is 1. The second-order valence-corrected chi connectivity index (χ2v) is 5.42. The molecule has 1 aromatic heterocycles. The summed E-state index contributed by atoms with van der Waals surface area (Å²) in [7, 11) is 0. The highest BCUT2D eigenvalue weighted by Crippen LogP contribution is 2.30. The Kier molecular flexibility index (Phi) is 2.95. The van der Waals surface area contributed by atoms with Crippen molar-refractivity contribution in [2.75, 3.05) is 6.54 Å². The first-order valence-electron chi connectivity index (χ1n) is 6.09. The van der Waals surface area contributed by atoms with Crippen molar-refractivity contribution in [2.45, 2.75) is 25.8 Å². The molecule has 0 amide bonds. The van der Waals surface area contributed by atoms with Crippen molar-refractivity contribution in [3.8, 4) is 11.3 Å². The molecular formula is C14H16N2S. The van der Waals surface area contributed by atoms with Gasteiger partial charge in [-0.25, -0.2) is 4.98 Å². The average Bonchev–Trinajstić information content (AvgIpc) is 3.00. The van der Waals surface area contributed by atoms with Crippen LogP contribution in [0.5, 0.6) is 0 Å². The van der Waals surface area contributed by atoms with Crippen LogP contribution in [0.1, 0.15) is 29.5 Å². The van der Waals surface area contributed by atoms with E-state index in [-0.39, 0.29) is 0 Å². The first kappa shape index (κ1) is 10.9. The summed E-state index contributed by atoms with van der Waals surface area (Å²) in [6.45, 7) is 3.27. The molecule has 1 saturated heterocycles. The standard InChI is InChI=1S/C14H16N2S/c1-10-5-2-3-6-11(10)13-9-17-14(16-13)12-7-4-8-15-12/h2-3,5-6,9,12,15H,4,7-8H2,1H3. The largest absolute Gasteiger partial charge is 0.308 e. The average molecular weight is 244 g/mol. The molecule has 3 rings (SSSR count). The van der Waals surface area contributed by atoms with Gasteiger partial charge < -0.3 is 5.32 Å². The van der Waals surface area contributed by atoms with Gasteiger partial charge in [-0.05, 0) is 31.9 Å². The second-order valence-electron chi connectivity index (χ2n) is 4.53. The zero-order valence-electron chi connectivity index (χ0n) is 9.94. The van der Waals surface area contributed by atoms with Gasteiger partial charge in [0.25, 0.3) is 0 Å². The molecule has 3 heteroatoms. The molecule has 2 heterocycles. The Morgan fingerprint density at radius 2 is 2.24 bits per heavy atom. The van der Waals surface area contributed by atoms with E-state index in [0.717, 1.165) is 12.2 Å². The van der Waals surface area contributed by atoms with E-state index in [9.17, 15) is 0 Å². The van der Waals surface area contributed by atoms with E-state index in [1.165, 1.54) is 29.0 Å². The van der Waals surface area contributed by atoms with Gasteiger partial charge in [0.2, 0.25) is 0 Å². The number of aryl methyl sites for hydroxylation is 1. The fourth-order valence-corrected chi connectivity index (χ4v) is 3.26. The van der Waals surface area contributed by atoms with Gasteiger partial charge in [0.1, 0.15) is 5.01 Å². The Morgan fingerprint density at radius 1 is 1.35 bits per heavy atom. The molecule has 1 aliphatic rings. The number of nitrogens with zero attached hydrogens (tertiary/aromatic N) is 1. The topological polar surface area (TPSA) is 24.9 Å². The molecule has 2 aromatic rings. The van der Waals surface area contributed by atoms with E-state index >= 15 is 0 Å². The van der Waals surface area contributed by atoms with Gasteiger partial charge in [-0.15, -0.1) is 11.3 Å². The zero-order chi connectivity index (χ0) is 11.7. The molecule has 1 atom stereocenters. The maximum absolute atomic E-state index is 4.78. The fraction of sp³-hybridized carbons (Fsp3) is 0.357. The molecule has 1 aromatic carbocycles. The molecule has 1 aliphatic heterocycles. The highest BCUT2D eigenvalue weighted by molar-refractivity contribution is 7.10. The third-order valence-corrected chi connectivity index (χ3v) is 4.26. The summed E-state index contributed by atoms with van der Waals surface area (Å²) in [5.41, 5.74) is 3.67. The molecule has 0 radical (unpaired) electrons. The molecule has 1 fully saturated rings. The van der Waals surface area contributed by atoms with E-state index < -0.39 is 0 Å². The van der Waals surface area contributed by atoms with Crippen LogP contribution in [-0.4, -0.2) is 11.5 Å². The van der Waals surface area contributed by atoms with Crippen LogP contribution >= 0.6 is 11.3 Å². The van der Waals surface area contributed by atoms with E-state index in [1.807, 2.05) is 0 Å². The predicted molar refractivity (Wildman–Crippen MR) is 72.3 cm³/mol. The Labute approximate surface area is 106 Å². The van der Waals surface area contributed by atoms with Crippen molar-refractivity contribution in [2.24, 2.45) is 0 Å². The summed E-state index contributed by atoms with van der Waals surface area (Å²) in [5, 5.41) is 6.92. The lowest BCUT2D eigenvalue weighted by molar-refractivity contribution is 0.643. The highest BCUT2D eigenvalue weighted by atomic mass is 32.1. The molecule has 0 bridgehead atoms. The maximum atomic E-state index is 4.78. The summed E-state index contributed by atoms with van der Waals surface area (Å²) in [4.78, 5) is 4.78. The van der Waals surface area contributed by atoms with Crippen LogP contribution in [0.4, 0.5) is 0 Å². The normalized spacial score (nSPS) is 19.7. The number of rotatable bonds is 2. The monoisotopic (exact) mass is 244 g/mol. The SMILES string of the molecule is Cc1ccccc1-c1csc(C2CCCN2)n1. The minimum absolute atomic E-state index is 0.484. The maximum Gasteiger partial charge on any atom is 0.110 e. The third-order valence-electron chi connectivity index (χ3n) is 3.30. The molecule has 2 nitrogen and oxygen atoms in total. The fourth-order valence-electron chi connectivity index (χ4n) is 2.33. The van der Waals surface area contributed by atoms with E-state index in [0.29, 0.717) is 6.04 Å². The lowest BCUT2D eigenvalue weighted by Crippen LogP contribution is -2.12. The molecule has 88 valence electrons. The summed E-state index contributed by atoms with van der Waals surface area (Å²) in [6, 6.07) is 8.93. The van der Waals surface area contributed by atoms with Crippen LogP contribution in [0.25, 0.3) is 11.3 Å². The minimum atomic E-state index is 0.484. The van der Waals surface area contributed by atoms with Gasteiger partial charge >= 0.3 is 0 Å². The number of hydrogen-bond donors (Lipinski definition) is 1. The quantitative estimate of drug-likeness (QED) is 0.874. The molecule has 0 aliphatic carbocycles. The van der Waals surface area contributed by atoms with Gasteiger partial charge in [-0.1, -0.05) is 24.3 Å². The van der Waals surface area contributed by atoms with Gasteiger partial charge in [0, 0.05) is 10.9 Å². The number of hydrogen-bond acceptors (Lipinski definition) is 3. The van der Waals surface area contributed by atoms with Gasteiger partial charge in [0.15, 0.2) is 0 Å². The molecule has 0 saturated carbocycles. The van der Waals surface area contributed by atoms with Crippen molar-refractivity contribution in [3.63, 3.8) is 0 Å². The van der Waals surface area contributed by atoms with Crippen LogP contribution in [0.3, 0.4) is 0 Å². The summed E-state index contributed by atoms with van der Waals surface area (Å²) < 4.78 is 0. The van der Waals surface area contributed by atoms with Crippen LogP contribution in [0.2, 0.25) is 0 Å². The number of nitrogens with one attached hydrogen (secondary N) is 1. The Hall–Kier alpha value is -1.19. The van der Waals surface area contributed by atoms with Crippen molar-refractivity contribution < 1.29 is 0 Å². The number of aromatic nitrogens is 1. The molecule has 1 N–H and O–H groups in total. The van der Waals surface area contributed by atoms with Crippen molar-refractivity contribution in [1.29, 1.82) is 0 Å². The summed E-state index contributed by atoms with van der Waals surface area (Å²) in [6.07, 6.45) is 2.49. The van der Waals surface area contributed by atoms with Crippen molar-refractivity contribution in [1.82, 2.24) is 10.3 Å².